The summed E-state index contributed by atoms with van der Waals surface area (Å²) in [6.45, 7) is 12.1. The normalized spacial score (nSPS) is 19.7. The highest BCUT2D eigenvalue weighted by Crippen LogP contribution is 2.19. The summed E-state index contributed by atoms with van der Waals surface area (Å²) in [5.41, 5.74) is 3.67. The van der Waals surface area contributed by atoms with Crippen LogP contribution in [0.25, 0.3) is 0 Å². The van der Waals surface area contributed by atoms with Crippen molar-refractivity contribution in [2.45, 2.75) is 19.5 Å². The van der Waals surface area contributed by atoms with Gasteiger partial charge in [-0.25, -0.2) is 4.68 Å². The van der Waals surface area contributed by atoms with Crippen molar-refractivity contribution >= 4 is 0 Å². The molecule has 0 unspecified atom stereocenters. The lowest BCUT2D eigenvalue weighted by molar-refractivity contribution is -1.02. The highest BCUT2D eigenvalue weighted by Gasteiger charge is 2.35. The monoisotopic (exact) mass is 420 g/mol. The van der Waals surface area contributed by atoms with Gasteiger partial charge in [-0.1, -0.05) is 48.5 Å². The van der Waals surface area contributed by atoms with E-state index >= 15 is 0 Å². The van der Waals surface area contributed by atoms with Gasteiger partial charge in [0.05, 0.1) is 20.2 Å². The third kappa shape index (κ3) is 5.00. The van der Waals surface area contributed by atoms with Crippen LogP contribution in [0.15, 0.2) is 61.2 Å². The maximum Gasteiger partial charge on any atom is 0.214 e. The van der Waals surface area contributed by atoms with E-state index in [0.717, 1.165) is 49.9 Å². The largest absolute Gasteiger partial charge is 0.497 e. The number of hydrogen-bond acceptors (Lipinski definition) is 4. The Morgan fingerprint density at radius 3 is 2.42 bits per heavy atom. The summed E-state index contributed by atoms with van der Waals surface area (Å²) in [4.78, 5) is 3.11. The van der Waals surface area contributed by atoms with Gasteiger partial charge in [0.15, 0.2) is 6.04 Å². The molecule has 1 aliphatic heterocycles. The summed E-state index contributed by atoms with van der Waals surface area (Å²) in [5.74, 6) is 1.77. The van der Waals surface area contributed by atoms with E-state index in [2.05, 4.69) is 65.4 Å². The molecule has 1 aromatic heterocycles. The van der Waals surface area contributed by atoms with E-state index in [-0.39, 0.29) is 6.04 Å². The van der Waals surface area contributed by atoms with Crippen LogP contribution in [0.2, 0.25) is 0 Å². The van der Waals surface area contributed by atoms with Gasteiger partial charge < -0.3 is 14.5 Å². The van der Waals surface area contributed by atoms with Crippen molar-refractivity contribution in [1.82, 2.24) is 20.2 Å². The molecular weight excluding hydrogens is 388 g/mol. The zero-order chi connectivity index (χ0) is 21.6. The molecule has 7 nitrogen and oxygen atoms in total. The number of aromatic nitrogens is 4. The van der Waals surface area contributed by atoms with E-state index < -0.39 is 0 Å². The third-order valence-corrected chi connectivity index (χ3v) is 6.16. The topological polar surface area (TPSA) is 61.7 Å². The molecule has 4 rings (SSSR count). The minimum atomic E-state index is 0.110. The zero-order valence-electron chi connectivity index (χ0n) is 18.4. The maximum absolute atomic E-state index is 5.28. The number of aryl methyl sites for hydroxylation is 1. The SMILES string of the molecule is C=CC[NH+]1CC[NH+]([C@H](c2ccc(C)cc2)c2nnnn2Cc2ccc(OC)cc2)CC1. The first-order valence-corrected chi connectivity index (χ1v) is 10.9. The number of hydrogen-bond donors (Lipinski definition) is 2. The Labute approximate surface area is 183 Å². The first kappa shape index (κ1) is 21.2. The molecule has 1 fully saturated rings. The lowest BCUT2D eigenvalue weighted by Gasteiger charge is -2.34. The van der Waals surface area contributed by atoms with Crippen molar-refractivity contribution in [3.8, 4) is 5.75 Å². The molecule has 1 saturated heterocycles. The summed E-state index contributed by atoms with van der Waals surface area (Å²) >= 11 is 0. The molecule has 1 aliphatic rings. The zero-order valence-corrected chi connectivity index (χ0v) is 18.4. The summed E-state index contributed by atoms with van der Waals surface area (Å²) in [5, 5.41) is 12.9. The van der Waals surface area contributed by atoms with Crippen molar-refractivity contribution < 1.29 is 14.5 Å². The van der Waals surface area contributed by atoms with E-state index in [1.165, 1.54) is 16.0 Å². The Bertz CT molecular complexity index is 974. The first-order valence-electron chi connectivity index (χ1n) is 10.9. The number of quaternary nitrogens is 2. The predicted octanol–water partition coefficient (Wildman–Crippen LogP) is 0.0972. The van der Waals surface area contributed by atoms with Crippen molar-refractivity contribution in [3.05, 3.63) is 83.7 Å². The average Bonchev–Trinajstić information content (AvgIpc) is 3.25. The summed E-state index contributed by atoms with van der Waals surface area (Å²) in [7, 11) is 1.68. The quantitative estimate of drug-likeness (QED) is 0.508. The van der Waals surface area contributed by atoms with Gasteiger partial charge in [-0.05, 0) is 41.1 Å². The fourth-order valence-electron chi connectivity index (χ4n) is 4.38. The fraction of sp³-hybridized carbons (Fsp3) is 0.375. The van der Waals surface area contributed by atoms with Crippen LogP contribution in [0.4, 0.5) is 0 Å². The van der Waals surface area contributed by atoms with Crippen molar-refractivity contribution in [3.63, 3.8) is 0 Å². The van der Waals surface area contributed by atoms with Crippen LogP contribution in [-0.4, -0.2) is 60.0 Å². The molecule has 3 aromatic rings. The second kappa shape index (κ2) is 9.85. The van der Waals surface area contributed by atoms with Gasteiger partial charge in [0, 0.05) is 5.56 Å². The second-order valence-corrected chi connectivity index (χ2v) is 8.29. The predicted molar refractivity (Wildman–Crippen MR) is 119 cm³/mol. The van der Waals surface area contributed by atoms with Crippen LogP contribution in [0.5, 0.6) is 5.75 Å². The first-order chi connectivity index (χ1) is 15.2. The lowest BCUT2D eigenvalue weighted by Crippen LogP contribution is -3.28. The molecule has 0 aliphatic carbocycles. The van der Waals surface area contributed by atoms with Gasteiger partial charge in [-0.2, -0.15) is 0 Å². The Hall–Kier alpha value is -3.03. The molecule has 0 bridgehead atoms. The molecule has 2 N–H and O–H groups in total. The number of nitrogens with zero attached hydrogens (tertiary/aromatic N) is 4. The number of tetrazole rings is 1. The number of rotatable bonds is 8. The van der Waals surface area contributed by atoms with Gasteiger partial charge in [0.1, 0.15) is 31.9 Å². The van der Waals surface area contributed by atoms with Crippen LogP contribution in [0.3, 0.4) is 0 Å². The van der Waals surface area contributed by atoms with Crippen LogP contribution < -0.4 is 14.5 Å². The van der Waals surface area contributed by atoms with Crippen LogP contribution in [-0.2, 0) is 6.54 Å². The van der Waals surface area contributed by atoms with E-state index in [4.69, 9.17) is 4.74 Å². The van der Waals surface area contributed by atoms with Crippen molar-refractivity contribution in [2.24, 2.45) is 0 Å². The molecule has 2 heterocycles. The molecule has 7 heteroatoms. The summed E-state index contributed by atoms with van der Waals surface area (Å²) in [6.07, 6.45) is 2.02. The van der Waals surface area contributed by atoms with Crippen molar-refractivity contribution in [1.29, 1.82) is 0 Å². The number of methoxy groups -OCH3 is 1. The van der Waals surface area contributed by atoms with Gasteiger partial charge in [-0.15, -0.1) is 5.10 Å². The van der Waals surface area contributed by atoms with Gasteiger partial charge in [-0.3, -0.25) is 0 Å². The van der Waals surface area contributed by atoms with Gasteiger partial charge in [0.25, 0.3) is 0 Å². The Morgan fingerprint density at radius 2 is 1.77 bits per heavy atom. The fourth-order valence-corrected chi connectivity index (χ4v) is 4.38. The van der Waals surface area contributed by atoms with Crippen LogP contribution in [0, 0.1) is 6.92 Å². The molecule has 0 saturated carbocycles. The Balaban J connectivity index is 1.62. The molecule has 0 radical (unpaired) electrons. The minimum Gasteiger partial charge on any atom is -0.497 e. The third-order valence-electron chi connectivity index (χ3n) is 6.16. The highest BCUT2D eigenvalue weighted by atomic mass is 16.5. The second-order valence-electron chi connectivity index (χ2n) is 8.29. The van der Waals surface area contributed by atoms with E-state index in [1.54, 1.807) is 12.0 Å². The molecule has 0 amide bonds. The number of ether oxygens (including phenoxy) is 1. The molecule has 162 valence electrons. The highest BCUT2D eigenvalue weighted by molar-refractivity contribution is 5.28. The van der Waals surface area contributed by atoms with E-state index in [0.29, 0.717) is 6.54 Å². The standard InChI is InChI=1S/C24H30N6O/c1-4-13-28-14-16-29(17-15-28)23(21-9-5-19(2)6-10-21)24-25-26-27-30(24)18-20-7-11-22(31-3)12-8-20/h4-12,23H,1,13-18H2,2-3H3/p+2/t23-/m1/s1. The number of nitrogens with one attached hydrogen (secondary N) is 2. The molecule has 1 atom stereocenters. The summed E-state index contributed by atoms with van der Waals surface area (Å²) in [6, 6.07) is 17.0. The van der Waals surface area contributed by atoms with Crippen LogP contribution in [0.1, 0.15) is 28.6 Å². The van der Waals surface area contributed by atoms with Gasteiger partial charge >= 0.3 is 0 Å². The van der Waals surface area contributed by atoms with Crippen molar-refractivity contribution in [2.75, 3.05) is 39.8 Å². The molecule has 2 aromatic carbocycles. The van der Waals surface area contributed by atoms with E-state index in [9.17, 15) is 0 Å². The number of benzene rings is 2. The Morgan fingerprint density at radius 1 is 1.06 bits per heavy atom. The minimum absolute atomic E-state index is 0.110. The smallest absolute Gasteiger partial charge is 0.214 e. The molecular formula is C24H32N6O+2. The van der Waals surface area contributed by atoms with Crippen LogP contribution >= 0.6 is 0 Å². The average molecular weight is 421 g/mol. The summed E-state index contributed by atoms with van der Waals surface area (Å²) < 4.78 is 7.23. The maximum atomic E-state index is 5.28. The van der Waals surface area contributed by atoms with E-state index in [1.807, 2.05) is 22.9 Å². The van der Waals surface area contributed by atoms with Gasteiger partial charge in [0.2, 0.25) is 5.82 Å². The lowest BCUT2D eigenvalue weighted by atomic mass is 10.0. The Kier molecular flexibility index (Phi) is 6.74. The number of piperazine rings is 1. The molecule has 0 spiro atoms. The molecule has 31 heavy (non-hydrogen) atoms.